The lowest BCUT2D eigenvalue weighted by Gasteiger charge is -2.23. The summed E-state index contributed by atoms with van der Waals surface area (Å²) in [6, 6.07) is 6.10. The van der Waals surface area contributed by atoms with Crippen LogP contribution in [0.2, 0.25) is 0 Å². The highest BCUT2D eigenvalue weighted by molar-refractivity contribution is 5.76. The van der Waals surface area contributed by atoms with Gasteiger partial charge in [0.25, 0.3) is 0 Å². The molecule has 0 spiro atoms. The molecule has 0 heterocycles. The van der Waals surface area contributed by atoms with E-state index in [4.69, 9.17) is 11.5 Å². The first-order chi connectivity index (χ1) is 15.7. The third kappa shape index (κ3) is 13.9. The molecule has 0 fully saturated rings. The van der Waals surface area contributed by atoms with Crippen molar-refractivity contribution in [2.45, 2.75) is 58.5 Å². The predicted octanol–water partition coefficient (Wildman–Crippen LogP) is 1.33. The van der Waals surface area contributed by atoms with Crippen LogP contribution in [0.3, 0.4) is 0 Å². The van der Waals surface area contributed by atoms with Gasteiger partial charge in [-0.1, -0.05) is 50.1 Å². The number of rotatable bonds is 14. The van der Waals surface area contributed by atoms with E-state index in [0.29, 0.717) is 31.8 Å². The van der Waals surface area contributed by atoms with E-state index < -0.39 is 6.03 Å². The van der Waals surface area contributed by atoms with Crippen molar-refractivity contribution in [3.63, 3.8) is 0 Å². The molecule has 186 valence electrons. The number of amides is 6. The number of hydrogen-bond acceptors (Lipinski definition) is 4. The van der Waals surface area contributed by atoms with Crippen LogP contribution in [0.1, 0.15) is 44.2 Å². The molecule has 9 N–H and O–H groups in total. The number of nitrogens with two attached hydrogens (primary N) is 2. The summed E-state index contributed by atoms with van der Waals surface area (Å²) in [5.74, 6) is 0.342. The summed E-state index contributed by atoms with van der Waals surface area (Å²) < 4.78 is 0. The minimum Gasteiger partial charge on any atom is -0.352 e. The molecule has 10 nitrogen and oxygen atoms in total. The van der Waals surface area contributed by atoms with Crippen molar-refractivity contribution in [3.05, 3.63) is 35.4 Å². The lowest BCUT2D eigenvalue weighted by atomic mass is 10.0. The van der Waals surface area contributed by atoms with Crippen molar-refractivity contribution < 1.29 is 14.4 Å². The smallest absolute Gasteiger partial charge is 0.315 e. The normalized spacial score (nSPS) is 12.5. The Balaban J connectivity index is 2.64. The van der Waals surface area contributed by atoms with E-state index in [0.717, 1.165) is 24.0 Å². The van der Waals surface area contributed by atoms with E-state index in [1.54, 1.807) is 0 Å². The van der Waals surface area contributed by atoms with Gasteiger partial charge in [-0.25, -0.2) is 14.4 Å². The number of urea groups is 3. The molecular formula is C23H41N7O3. The van der Waals surface area contributed by atoms with Crippen LogP contribution < -0.4 is 38.1 Å². The van der Waals surface area contributed by atoms with Gasteiger partial charge in [0.2, 0.25) is 0 Å². The molecule has 0 aliphatic rings. The van der Waals surface area contributed by atoms with Gasteiger partial charge in [0.1, 0.15) is 0 Å². The van der Waals surface area contributed by atoms with Crippen molar-refractivity contribution >= 4 is 18.1 Å². The molecule has 33 heavy (non-hydrogen) atoms. The van der Waals surface area contributed by atoms with Crippen LogP contribution >= 0.6 is 0 Å². The van der Waals surface area contributed by atoms with E-state index in [9.17, 15) is 14.4 Å². The highest BCUT2D eigenvalue weighted by Crippen LogP contribution is 2.06. The van der Waals surface area contributed by atoms with Crippen LogP contribution in [-0.4, -0.2) is 56.4 Å². The summed E-state index contributed by atoms with van der Waals surface area (Å²) in [7, 11) is 0. The third-order valence-corrected chi connectivity index (χ3v) is 4.98. The van der Waals surface area contributed by atoms with Crippen molar-refractivity contribution in [1.29, 1.82) is 0 Å². The molecule has 0 bridgehead atoms. The van der Waals surface area contributed by atoms with E-state index in [1.165, 1.54) is 0 Å². The fraction of sp³-hybridized carbons (Fsp3) is 0.609. The minimum atomic E-state index is -0.650. The molecule has 0 radical (unpaired) electrons. The topological polar surface area (TPSA) is 163 Å². The van der Waals surface area contributed by atoms with Gasteiger partial charge in [-0.05, 0) is 44.2 Å². The van der Waals surface area contributed by atoms with Crippen molar-refractivity contribution in [3.8, 4) is 0 Å². The molecule has 1 rings (SSSR count). The minimum absolute atomic E-state index is 0.201. The van der Waals surface area contributed by atoms with E-state index in [2.05, 4.69) is 26.6 Å². The molecular weight excluding hydrogens is 422 g/mol. The number of aryl methyl sites for hydroxylation is 1. The fourth-order valence-electron chi connectivity index (χ4n) is 3.15. The summed E-state index contributed by atoms with van der Waals surface area (Å²) in [5.41, 5.74) is 12.9. The Hall–Kier alpha value is -3.01. The Morgan fingerprint density at radius 2 is 1.42 bits per heavy atom. The standard InChI is InChI=1S/C23H41N7O3/c1-16(2)13-27-22(32)29-19(6-4-5-11-24)14-28-23(33)30-20(15-26-21(25)31)12-18-9-7-17(3)8-10-18/h7-10,16,19-20H,4-6,11-15,24H2,1-3H3,(H3,25,26,31)(H2,27,29,32)(H2,28,30,33)/t19-,20-/m0/s1. The van der Waals surface area contributed by atoms with Crippen LogP contribution in [0.4, 0.5) is 14.4 Å². The SMILES string of the molecule is Cc1ccc(C[C@@H](CNC(N)=O)NC(=O)NC[C@H](CCCCN)NC(=O)NCC(C)C)cc1. The van der Waals surface area contributed by atoms with Gasteiger partial charge in [-0.3, -0.25) is 0 Å². The third-order valence-electron chi connectivity index (χ3n) is 4.98. The molecule has 10 heteroatoms. The molecule has 0 aliphatic heterocycles. The molecule has 0 saturated carbocycles. The van der Waals surface area contributed by atoms with Crippen LogP contribution in [-0.2, 0) is 6.42 Å². The predicted molar refractivity (Wildman–Crippen MR) is 131 cm³/mol. The monoisotopic (exact) mass is 463 g/mol. The van der Waals surface area contributed by atoms with Crippen molar-refractivity contribution in [2.75, 3.05) is 26.2 Å². The summed E-state index contributed by atoms with van der Waals surface area (Å²) in [4.78, 5) is 35.9. The van der Waals surface area contributed by atoms with Gasteiger partial charge >= 0.3 is 18.1 Å². The Kier molecular flexibility index (Phi) is 13.4. The second kappa shape index (κ2) is 15.7. The molecule has 0 unspecified atom stereocenters. The van der Waals surface area contributed by atoms with E-state index in [1.807, 2.05) is 45.0 Å². The lowest BCUT2D eigenvalue weighted by molar-refractivity contribution is 0.227. The van der Waals surface area contributed by atoms with Crippen LogP contribution in [0, 0.1) is 12.8 Å². The zero-order chi connectivity index (χ0) is 24.6. The zero-order valence-electron chi connectivity index (χ0n) is 20.1. The first-order valence-corrected chi connectivity index (χ1v) is 11.6. The quantitative estimate of drug-likeness (QED) is 0.207. The highest BCUT2D eigenvalue weighted by Gasteiger charge is 2.17. The van der Waals surface area contributed by atoms with Gasteiger partial charge in [-0.2, -0.15) is 0 Å². The average Bonchev–Trinajstić information content (AvgIpc) is 2.76. The number of carbonyl (C=O) groups is 3. The molecule has 2 atom stereocenters. The Labute approximate surface area is 197 Å². The van der Waals surface area contributed by atoms with E-state index >= 15 is 0 Å². The highest BCUT2D eigenvalue weighted by atomic mass is 16.2. The number of unbranched alkanes of at least 4 members (excludes halogenated alkanes) is 1. The van der Waals surface area contributed by atoms with Gasteiger partial charge in [-0.15, -0.1) is 0 Å². The average molecular weight is 464 g/mol. The van der Waals surface area contributed by atoms with Gasteiger partial charge in [0.15, 0.2) is 0 Å². The van der Waals surface area contributed by atoms with Gasteiger partial charge < -0.3 is 38.1 Å². The molecule has 0 aromatic heterocycles. The first kappa shape index (κ1) is 28.0. The second-order valence-corrected chi connectivity index (χ2v) is 8.72. The Morgan fingerprint density at radius 1 is 0.848 bits per heavy atom. The summed E-state index contributed by atoms with van der Waals surface area (Å²) in [6.07, 6.45) is 2.91. The molecule has 1 aromatic carbocycles. The lowest BCUT2D eigenvalue weighted by Crippen LogP contribution is -2.53. The van der Waals surface area contributed by atoms with Crippen LogP contribution in [0.15, 0.2) is 24.3 Å². The first-order valence-electron chi connectivity index (χ1n) is 11.6. The second-order valence-electron chi connectivity index (χ2n) is 8.72. The maximum Gasteiger partial charge on any atom is 0.315 e. The van der Waals surface area contributed by atoms with Gasteiger partial charge in [0, 0.05) is 25.7 Å². The fourth-order valence-corrected chi connectivity index (χ4v) is 3.15. The Bertz CT molecular complexity index is 725. The maximum absolute atomic E-state index is 12.6. The number of benzene rings is 1. The number of nitrogens with one attached hydrogen (secondary N) is 5. The van der Waals surface area contributed by atoms with Crippen molar-refractivity contribution in [1.82, 2.24) is 26.6 Å². The zero-order valence-corrected chi connectivity index (χ0v) is 20.1. The molecule has 0 saturated heterocycles. The van der Waals surface area contributed by atoms with Crippen molar-refractivity contribution in [2.24, 2.45) is 17.4 Å². The number of hydrogen-bond donors (Lipinski definition) is 7. The summed E-state index contributed by atoms with van der Waals surface area (Å²) >= 11 is 0. The Morgan fingerprint density at radius 3 is 2.00 bits per heavy atom. The number of carbonyl (C=O) groups excluding carboxylic acids is 3. The molecule has 6 amide bonds. The largest absolute Gasteiger partial charge is 0.352 e. The summed E-state index contributed by atoms with van der Waals surface area (Å²) in [5, 5.41) is 14.0. The number of primary amides is 1. The van der Waals surface area contributed by atoms with Crippen LogP contribution in [0.5, 0.6) is 0 Å². The van der Waals surface area contributed by atoms with Crippen LogP contribution in [0.25, 0.3) is 0 Å². The van der Waals surface area contributed by atoms with E-state index in [-0.39, 0.29) is 37.2 Å². The summed E-state index contributed by atoms with van der Waals surface area (Å²) in [6.45, 7) is 7.66. The maximum atomic E-state index is 12.6. The van der Waals surface area contributed by atoms with Gasteiger partial charge in [0.05, 0.1) is 6.04 Å². The molecule has 0 aliphatic carbocycles. The molecule has 1 aromatic rings.